The monoisotopic (exact) mass is 339 g/mol. The van der Waals surface area contributed by atoms with E-state index in [-0.39, 0.29) is 0 Å². The summed E-state index contributed by atoms with van der Waals surface area (Å²) in [4.78, 5) is 16.0. The molecule has 0 aromatic heterocycles. The number of amides is 1. The number of nitriles is 1. The summed E-state index contributed by atoms with van der Waals surface area (Å²) in [6, 6.07) is 10.6. The molecule has 1 heterocycles. The van der Waals surface area contributed by atoms with Crippen molar-refractivity contribution in [3.8, 4) is 6.07 Å². The highest BCUT2D eigenvalue weighted by Crippen LogP contribution is 2.27. The largest absolute Gasteiger partial charge is 0.371 e. The Balaban J connectivity index is 1.54. The maximum Gasteiger partial charge on any atom is 0.209 e. The number of piperidine rings is 1. The highest BCUT2D eigenvalue weighted by molar-refractivity contribution is 5.51. The molecule has 1 amide bonds. The summed E-state index contributed by atoms with van der Waals surface area (Å²) >= 11 is 0. The van der Waals surface area contributed by atoms with Gasteiger partial charge >= 0.3 is 0 Å². The SMILES string of the molecule is N#Cc1cccc(N2CCCC(CCN(C=O)C3CCCCC3)C2)c1. The maximum absolute atomic E-state index is 11.5. The zero-order valence-electron chi connectivity index (χ0n) is 15.1. The number of hydrogen-bond donors (Lipinski definition) is 0. The van der Waals surface area contributed by atoms with Crippen LogP contribution in [0.15, 0.2) is 24.3 Å². The van der Waals surface area contributed by atoms with Crippen LogP contribution in [0.5, 0.6) is 0 Å². The molecule has 2 fully saturated rings. The molecule has 4 nitrogen and oxygen atoms in total. The second kappa shape index (κ2) is 8.89. The number of nitrogens with zero attached hydrogens (tertiary/aromatic N) is 3. The number of rotatable bonds is 6. The van der Waals surface area contributed by atoms with E-state index in [0.29, 0.717) is 12.0 Å². The standard InChI is InChI=1S/C21H29N3O/c22-15-19-6-4-10-21(14-19)23-12-5-7-18(16-23)11-13-24(17-25)20-8-2-1-3-9-20/h4,6,10,14,17-18,20H,1-3,5,7-9,11-13,16H2. The van der Waals surface area contributed by atoms with Gasteiger partial charge in [-0.15, -0.1) is 0 Å². The topological polar surface area (TPSA) is 47.3 Å². The number of hydrogen-bond acceptors (Lipinski definition) is 3. The third-order valence-electron chi connectivity index (χ3n) is 5.83. The number of carbonyl (C=O) groups excluding carboxylic acids is 1. The fourth-order valence-corrected chi connectivity index (χ4v) is 4.37. The number of carbonyl (C=O) groups is 1. The van der Waals surface area contributed by atoms with Crippen molar-refractivity contribution in [2.45, 2.75) is 57.4 Å². The minimum Gasteiger partial charge on any atom is -0.371 e. The van der Waals surface area contributed by atoms with Crippen LogP contribution in [0.25, 0.3) is 0 Å². The molecule has 0 bridgehead atoms. The molecule has 2 aliphatic rings. The van der Waals surface area contributed by atoms with E-state index in [9.17, 15) is 4.79 Å². The fraction of sp³-hybridized carbons (Fsp3) is 0.619. The van der Waals surface area contributed by atoms with Gasteiger partial charge in [-0.1, -0.05) is 25.3 Å². The molecule has 0 N–H and O–H groups in total. The van der Waals surface area contributed by atoms with Gasteiger partial charge in [-0.25, -0.2) is 0 Å². The second-order valence-corrected chi connectivity index (χ2v) is 7.54. The zero-order valence-corrected chi connectivity index (χ0v) is 15.1. The summed E-state index contributed by atoms with van der Waals surface area (Å²) < 4.78 is 0. The normalized spacial score (nSPS) is 21.6. The minimum absolute atomic E-state index is 0.471. The van der Waals surface area contributed by atoms with Gasteiger partial charge < -0.3 is 9.80 Å². The summed E-state index contributed by atoms with van der Waals surface area (Å²) in [6.07, 6.45) is 10.8. The maximum atomic E-state index is 11.5. The molecule has 1 unspecified atom stereocenters. The summed E-state index contributed by atoms with van der Waals surface area (Å²) in [7, 11) is 0. The fourth-order valence-electron chi connectivity index (χ4n) is 4.37. The lowest BCUT2D eigenvalue weighted by Crippen LogP contribution is -2.40. The molecule has 1 saturated heterocycles. The number of benzene rings is 1. The van der Waals surface area contributed by atoms with E-state index < -0.39 is 0 Å². The van der Waals surface area contributed by atoms with Crippen LogP contribution in [0.2, 0.25) is 0 Å². The van der Waals surface area contributed by atoms with Crippen molar-refractivity contribution in [3.63, 3.8) is 0 Å². The summed E-state index contributed by atoms with van der Waals surface area (Å²) in [5.41, 5.74) is 1.88. The third kappa shape index (κ3) is 4.75. The zero-order chi connectivity index (χ0) is 17.5. The quantitative estimate of drug-likeness (QED) is 0.737. The molecular formula is C21H29N3O. The molecule has 1 aliphatic carbocycles. The average molecular weight is 339 g/mol. The van der Waals surface area contributed by atoms with Crippen LogP contribution >= 0.6 is 0 Å². The highest BCUT2D eigenvalue weighted by atomic mass is 16.1. The second-order valence-electron chi connectivity index (χ2n) is 7.54. The Morgan fingerprint density at radius 1 is 1.20 bits per heavy atom. The molecule has 1 aliphatic heterocycles. The lowest BCUT2D eigenvalue weighted by atomic mass is 9.92. The lowest BCUT2D eigenvalue weighted by molar-refractivity contribution is -0.121. The summed E-state index contributed by atoms with van der Waals surface area (Å²) in [5, 5.41) is 9.10. The van der Waals surface area contributed by atoms with E-state index in [1.54, 1.807) is 0 Å². The smallest absolute Gasteiger partial charge is 0.209 e. The van der Waals surface area contributed by atoms with Crippen LogP contribution in [-0.4, -0.2) is 37.0 Å². The van der Waals surface area contributed by atoms with Crippen molar-refractivity contribution in [1.82, 2.24) is 4.90 Å². The molecule has 1 saturated carbocycles. The van der Waals surface area contributed by atoms with E-state index in [2.05, 4.69) is 21.9 Å². The van der Waals surface area contributed by atoms with Gasteiger partial charge in [0, 0.05) is 31.4 Å². The lowest BCUT2D eigenvalue weighted by Gasteiger charge is -2.37. The average Bonchev–Trinajstić information content (AvgIpc) is 2.69. The van der Waals surface area contributed by atoms with E-state index >= 15 is 0 Å². The Bertz CT molecular complexity index is 603. The highest BCUT2D eigenvalue weighted by Gasteiger charge is 2.24. The van der Waals surface area contributed by atoms with Crippen LogP contribution in [-0.2, 0) is 4.79 Å². The Labute approximate surface area is 151 Å². The first-order valence-electron chi connectivity index (χ1n) is 9.76. The van der Waals surface area contributed by atoms with Crippen LogP contribution in [0.4, 0.5) is 5.69 Å². The predicted molar refractivity (Wildman–Crippen MR) is 100 cm³/mol. The van der Waals surface area contributed by atoms with Crippen molar-refractivity contribution in [3.05, 3.63) is 29.8 Å². The van der Waals surface area contributed by atoms with Crippen molar-refractivity contribution >= 4 is 12.1 Å². The van der Waals surface area contributed by atoms with Crippen molar-refractivity contribution in [2.24, 2.45) is 5.92 Å². The predicted octanol–water partition coefficient (Wildman–Crippen LogP) is 3.96. The van der Waals surface area contributed by atoms with Gasteiger partial charge in [0.15, 0.2) is 0 Å². The van der Waals surface area contributed by atoms with E-state index in [1.807, 2.05) is 18.2 Å². The van der Waals surface area contributed by atoms with Crippen molar-refractivity contribution in [2.75, 3.05) is 24.5 Å². The van der Waals surface area contributed by atoms with Crippen LogP contribution < -0.4 is 4.90 Å². The van der Waals surface area contributed by atoms with Crippen molar-refractivity contribution < 1.29 is 4.79 Å². The molecule has 1 atom stereocenters. The van der Waals surface area contributed by atoms with Gasteiger partial charge in [0.25, 0.3) is 0 Å². The first kappa shape index (κ1) is 17.8. The number of anilines is 1. The van der Waals surface area contributed by atoms with Gasteiger partial charge in [-0.2, -0.15) is 5.26 Å². The van der Waals surface area contributed by atoms with Gasteiger partial charge in [-0.05, 0) is 56.2 Å². The van der Waals surface area contributed by atoms with Gasteiger partial charge in [0.1, 0.15) is 0 Å². The Morgan fingerprint density at radius 3 is 2.80 bits per heavy atom. The van der Waals surface area contributed by atoms with Crippen LogP contribution in [0.3, 0.4) is 0 Å². The first-order valence-corrected chi connectivity index (χ1v) is 9.76. The van der Waals surface area contributed by atoms with Gasteiger partial charge in [0.05, 0.1) is 11.6 Å². The molecular weight excluding hydrogens is 310 g/mol. The summed E-state index contributed by atoms with van der Waals surface area (Å²) in [5.74, 6) is 0.630. The molecule has 4 heteroatoms. The van der Waals surface area contributed by atoms with Crippen LogP contribution in [0.1, 0.15) is 56.9 Å². The van der Waals surface area contributed by atoms with Gasteiger partial charge in [0.2, 0.25) is 6.41 Å². The molecule has 0 radical (unpaired) electrons. The molecule has 25 heavy (non-hydrogen) atoms. The minimum atomic E-state index is 0.471. The molecule has 0 spiro atoms. The van der Waals surface area contributed by atoms with Crippen LogP contribution in [0, 0.1) is 17.2 Å². The first-order chi connectivity index (χ1) is 12.3. The van der Waals surface area contributed by atoms with E-state index in [0.717, 1.165) is 43.7 Å². The third-order valence-corrected chi connectivity index (χ3v) is 5.83. The Kier molecular flexibility index (Phi) is 6.33. The molecule has 1 aromatic carbocycles. The molecule has 3 rings (SSSR count). The van der Waals surface area contributed by atoms with E-state index in [1.165, 1.54) is 44.9 Å². The van der Waals surface area contributed by atoms with Crippen molar-refractivity contribution in [1.29, 1.82) is 5.26 Å². The van der Waals surface area contributed by atoms with E-state index in [4.69, 9.17) is 5.26 Å². The Hall–Kier alpha value is -2.02. The molecule has 134 valence electrons. The van der Waals surface area contributed by atoms with Gasteiger partial charge in [-0.3, -0.25) is 4.79 Å². The summed E-state index contributed by atoms with van der Waals surface area (Å²) in [6.45, 7) is 2.99. The Morgan fingerprint density at radius 2 is 2.04 bits per heavy atom. The molecule has 1 aromatic rings.